The number of carbonyl (C=O) groups is 3. The van der Waals surface area contributed by atoms with Gasteiger partial charge in [0.15, 0.2) is 11.5 Å². The molecule has 2 aromatic carbocycles. The number of hydrogen-bond donors (Lipinski definition) is 4. The van der Waals surface area contributed by atoms with Crippen LogP contribution in [0.5, 0.6) is 17.2 Å². The van der Waals surface area contributed by atoms with Gasteiger partial charge in [-0.1, -0.05) is 6.07 Å². The van der Waals surface area contributed by atoms with Crippen LogP contribution >= 0.6 is 0 Å². The number of hydrogen-bond acceptors (Lipinski definition) is 7. The SMILES string of the molecule is Cc1cc(O)cc(C)c1CC(NC(=O)OC(C)(C)C)C(=O)N[C@H](C)C(=O)NCCCc1ccc2c(c1)OCO2. The Balaban J connectivity index is 1.57. The van der Waals surface area contributed by atoms with Gasteiger partial charge >= 0.3 is 6.09 Å². The minimum absolute atomic E-state index is 0.124. The summed E-state index contributed by atoms with van der Waals surface area (Å²) in [5.41, 5.74) is 2.70. The summed E-state index contributed by atoms with van der Waals surface area (Å²) in [6, 6.07) is 7.15. The van der Waals surface area contributed by atoms with E-state index in [0.29, 0.717) is 13.0 Å². The molecule has 0 spiro atoms. The number of amides is 3. The number of ether oxygens (including phenoxy) is 3. The van der Waals surface area contributed by atoms with Gasteiger partial charge in [0.25, 0.3) is 0 Å². The van der Waals surface area contributed by atoms with Crippen molar-refractivity contribution in [3.8, 4) is 17.2 Å². The monoisotopic (exact) mass is 541 g/mol. The zero-order valence-corrected chi connectivity index (χ0v) is 23.5. The van der Waals surface area contributed by atoms with E-state index in [1.165, 1.54) is 0 Å². The number of carbonyl (C=O) groups excluding carboxylic acids is 3. The molecular weight excluding hydrogens is 502 g/mol. The van der Waals surface area contributed by atoms with E-state index >= 15 is 0 Å². The van der Waals surface area contributed by atoms with Crippen molar-refractivity contribution in [2.24, 2.45) is 0 Å². The van der Waals surface area contributed by atoms with E-state index in [0.717, 1.165) is 40.2 Å². The Morgan fingerprint density at radius 2 is 1.67 bits per heavy atom. The van der Waals surface area contributed by atoms with Gasteiger partial charge in [0.1, 0.15) is 23.4 Å². The van der Waals surface area contributed by atoms with Gasteiger partial charge in [-0.15, -0.1) is 0 Å². The first-order valence-corrected chi connectivity index (χ1v) is 13.1. The number of aryl methyl sites for hydroxylation is 3. The number of alkyl carbamates (subject to hydrolysis) is 1. The van der Waals surface area contributed by atoms with Crippen molar-refractivity contribution in [3.05, 3.63) is 52.6 Å². The summed E-state index contributed by atoms with van der Waals surface area (Å²) in [7, 11) is 0. The van der Waals surface area contributed by atoms with Crippen molar-refractivity contribution in [3.63, 3.8) is 0 Å². The molecule has 4 N–H and O–H groups in total. The molecule has 0 saturated carbocycles. The number of phenolic OH excluding ortho intramolecular Hbond substituents is 1. The number of aromatic hydroxyl groups is 1. The summed E-state index contributed by atoms with van der Waals surface area (Å²) in [6.45, 7) is 11.1. The van der Waals surface area contributed by atoms with E-state index in [1.807, 2.05) is 32.0 Å². The first-order chi connectivity index (χ1) is 18.3. The molecule has 10 nitrogen and oxygen atoms in total. The molecule has 10 heteroatoms. The van der Waals surface area contributed by atoms with Crippen LogP contribution in [0.3, 0.4) is 0 Å². The average molecular weight is 542 g/mol. The molecule has 0 bridgehead atoms. The highest BCUT2D eigenvalue weighted by atomic mass is 16.7. The molecule has 0 saturated heterocycles. The Labute approximate surface area is 229 Å². The Hall–Kier alpha value is -3.95. The number of rotatable bonds is 10. The van der Waals surface area contributed by atoms with Gasteiger partial charge in [-0.2, -0.15) is 0 Å². The van der Waals surface area contributed by atoms with E-state index in [9.17, 15) is 19.5 Å². The van der Waals surface area contributed by atoms with Crippen LogP contribution in [0, 0.1) is 13.8 Å². The minimum atomic E-state index is -0.997. The van der Waals surface area contributed by atoms with Crippen molar-refractivity contribution >= 4 is 17.9 Å². The molecule has 2 atom stereocenters. The second-order valence-corrected chi connectivity index (χ2v) is 10.8. The standard InChI is InChI=1S/C29H39N3O7/c1-17-12-21(33)13-18(2)22(17)15-23(32-28(36)39-29(4,5)6)27(35)31-19(3)26(34)30-11-7-8-20-9-10-24-25(14-20)38-16-37-24/h9-10,12-14,19,23,33H,7-8,11,15-16H2,1-6H3,(H,30,34)(H,31,35)(H,32,36)/t19-,23?/m1/s1. The Morgan fingerprint density at radius 3 is 2.33 bits per heavy atom. The normalized spacial score (nSPS) is 13.8. The Bertz CT molecular complexity index is 1180. The average Bonchev–Trinajstić information content (AvgIpc) is 3.29. The summed E-state index contributed by atoms with van der Waals surface area (Å²) < 4.78 is 16.1. The predicted octanol–water partition coefficient (Wildman–Crippen LogP) is 3.43. The van der Waals surface area contributed by atoms with Crippen LogP contribution in [0.15, 0.2) is 30.3 Å². The quantitative estimate of drug-likeness (QED) is 0.339. The zero-order chi connectivity index (χ0) is 28.7. The van der Waals surface area contributed by atoms with Crippen LogP contribution in [0.4, 0.5) is 4.79 Å². The fraction of sp³-hybridized carbons (Fsp3) is 0.483. The Morgan fingerprint density at radius 1 is 1.00 bits per heavy atom. The molecule has 1 unspecified atom stereocenters. The van der Waals surface area contributed by atoms with Gasteiger partial charge in [-0.05, 0) is 101 Å². The minimum Gasteiger partial charge on any atom is -0.508 e. The van der Waals surface area contributed by atoms with Crippen molar-refractivity contribution < 1.29 is 33.7 Å². The zero-order valence-electron chi connectivity index (χ0n) is 23.5. The van der Waals surface area contributed by atoms with E-state index in [2.05, 4.69) is 16.0 Å². The van der Waals surface area contributed by atoms with Crippen LogP contribution < -0.4 is 25.4 Å². The highest BCUT2D eigenvalue weighted by Gasteiger charge is 2.28. The van der Waals surface area contributed by atoms with Crippen molar-refractivity contribution in [1.29, 1.82) is 0 Å². The summed E-state index contributed by atoms with van der Waals surface area (Å²) in [5, 5.41) is 18.1. The topological polar surface area (TPSA) is 135 Å². The van der Waals surface area contributed by atoms with E-state index < -0.39 is 29.7 Å². The molecule has 0 radical (unpaired) electrons. The molecule has 1 aliphatic rings. The summed E-state index contributed by atoms with van der Waals surface area (Å²) >= 11 is 0. The van der Waals surface area contributed by atoms with Crippen molar-refractivity contribution in [1.82, 2.24) is 16.0 Å². The van der Waals surface area contributed by atoms with Gasteiger partial charge < -0.3 is 35.3 Å². The van der Waals surface area contributed by atoms with Gasteiger partial charge in [0.05, 0.1) is 0 Å². The third kappa shape index (κ3) is 8.80. The van der Waals surface area contributed by atoms with Crippen LogP contribution in [0.1, 0.15) is 56.4 Å². The molecule has 0 fully saturated rings. The maximum atomic E-state index is 13.2. The fourth-order valence-electron chi connectivity index (χ4n) is 4.29. The van der Waals surface area contributed by atoms with Crippen LogP contribution in [0.25, 0.3) is 0 Å². The second-order valence-electron chi connectivity index (χ2n) is 10.8. The van der Waals surface area contributed by atoms with Crippen LogP contribution in [-0.2, 0) is 27.2 Å². The lowest BCUT2D eigenvalue weighted by Gasteiger charge is -2.25. The predicted molar refractivity (Wildman–Crippen MR) is 146 cm³/mol. The van der Waals surface area contributed by atoms with Gasteiger partial charge in [-0.3, -0.25) is 9.59 Å². The molecule has 3 amide bonds. The lowest BCUT2D eigenvalue weighted by atomic mass is 9.95. The van der Waals surface area contributed by atoms with Gasteiger partial charge in [-0.25, -0.2) is 4.79 Å². The van der Waals surface area contributed by atoms with Gasteiger partial charge in [0, 0.05) is 13.0 Å². The van der Waals surface area contributed by atoms with E-state index in [1.54, 1.807) is 39.8 Å². The van der Waals surface area contributed by atoms with Crippen LogP contribution in [-0.4, -0.2) is 54.0 Å². The second kappa shape index (κ2) is 12.7. The highest BCUT2D eigenvalue weighted by molar-refractivity contribution is 5.91. The molecule has 0 aliphatic carbocycles. The molecule has 39 heavy (non-hydrogen) atoms. The maximum Gasteiger partial charge on any atom is 0.408 e. The summed E-state index contributed by atoms with van der Waals surface area (Å²) in [5.74, 6) is 0.725. The molecule has 2 aromatic rings. The lowest BCUT2D eigenvalue weighted by molar-refractivity contribution is -0.129. The van der Waals surface area contributed by atoms with Crippen molar-refractivity contribution in [2.45, 2.75) is 78.5 Å². The molecule has 212 valence electrons. The molecular formula is C29H39N3O7. The maximum absolute atomic E-state index is 13.2. The smallest absolute Gasteiger partial charge is 0.408 e. The summed E-state index contributed by atoms with van der Waals surface area (Å²) in [6.07, 6.45) is 0.865. The largest absolute Gasteiger partial charge is 0.508 e. The first kappa shape index (κ1) is 29.6. The molecule has 1 aliphatic heterocycles. The van der Waals surface area contributed by atoms with Gasteiger partial charge in [0.2, 0.25) is 18.6 Å². The highest BCUT2D eigenvalue weighted by Crippen LogP contribution is 2.32. The number of fused-ring (bicyclic) bond motifs is 1. The van der Waals surface area contributed by atoms with E-state index in [-0.39, 0.29) is 24.9 Å². The third-order valence-electron chi connectivity index (χ3n) is 6.23. The molecule has 1 heterocycles. The first-order valence-electron chi connectivity index (χ1n) is 13.1. The Kier molecular flexibility index (Phi) is 9.66. The van der Waals surface area contributed by atoms with Crippen molar-refractivity contribution in [2.75, 3.05) is 13.3 Å². The number of nitrogens with one attached hydrogen (secondary N) is 3. The number of benzene rings is 2. The number of phenols is 1. The lowest BCUT2D eigenvalue weighted by Crippen LogP contribution is -2.54. The fourth-order valence-corrected chi connectivity index (χ4v) is 4.29. The molecule has 3 rings (SSSR count). The van der Waals surface area contributed by atoms with E-state index in [4.69, 9.17) is 14.2 Å². The molecule has 0 aromatic heterocycles. The third-order valence-corrected chi connectivity index (χ3v) is 6.23. The summed E-state index contributed by atoms with van der Waals surface area (Å²) in [4.78, 5) is 38.4. The van der Waals surface area contributed by atoms with Crippen LogP contribution in [0.2, 0.25) is 0 Å².